The summed E-state index contributed by atoms with van der Waals surface area (Å²) in [5, 5.41) is 15.2. The molecule has 0 bridgehead atoms. The molecule has 11 heteroatoms. The minimum atomic E-state index is -4.01. The molecule has 1 aliphatic rings. The third-order valence-electron chi connectivity index (χ3n) is 7.57. The Balaban J connectivity index is 1.99. The van der Waals surface area contributed by atoms with E-state index < -0.39 is 24.4 Å². The summed E-state index contributed by atoms with van der Waals surface area (Å²) in [5.74, 6) is -0.960. The van der Waals surface area contributed by atoms with Gasteiger partial charge < -0.3 is 19.1 Å². The first kappa shape index (κ1) is 36.2. The van der Waals surface area contributed by atoms with Crippen molar-refractivity contribution in [3.8, 4) is 0 Å². The zero-order valence-electron chi connectivity index (χ0n) is 27.6. The van der Waals surface area contributed by atoms with Crippen molar-refractivity contribution in [3.63, 3.8) is 0 Å². The average Bonchev–Trinajstić information content (AvgIpc) is 2.96. The molecule has 0 saturated heterocycles. The molecule has 0 saturated carbocycles. The number of rotatable bonds is 17. The van der Waals surface area contributed by atoms with Crippen LogP contribution in [0.3, 0.4) is 0 Å². The number of non-ortho nitro benzene ring substituents is 1. The van der Waals surface area contributed by atoms with Gasteiger partial charge in [0.25, 0.3) is 5.69 Å². The summed E-state index contributed by atoms with van der Waals surface area (Å²) in [6.45, 7) is 13.3. The zero-order chi connectivity index (χ0) is 33.1. The molecule has 45 heavy (non-hydrogen) atoms. The van der Waals surface area contributed by atoms with Crippen LogP contribution in [0.5, 0.6) is 0 Å². The highest BCUT2D eigenvalue weighted by molar-refractivity contribution is 7.58. The number of dihydropyridines is 1. The lowest BCUT2D eigenvalue weighted by atomic mass is 9.86. The number of nitrogens with one attached hydrogen (secondary N) is 1. The number of allylic oxidation sites excluding steroid dienone is 3. The van der Waals surface area contributed by atoms with E-state index in [9.17, 15) is 19.5 Å². The normalized spacial score (nSPS) is 15.6. The maximum absolute atomic E-state index is 14.8. The van der Waals surface area contributed by atoms with Gasteiger partial charge >= 0.3 is 13.6 Å². The lowest BCUT2D eigenvalue weighted by molar-refractivity contribution is -0.384. The second-order valence-electron chi connectivity index (χ2n) is 12.3. The van der Waals surface area contributed by atoms with E-state index in [0.717, 1.165) is 5.56 Å². The summed E-state index contributed by atoms with van der Waals surface area (Å²) >= 11 is 0. The maximum atomic E-state index is 14.8. The fourth-order valence-electron chi connectivity index (χ4n) is 5.10. The first-order valence-electron chi connectivity index (χ1n) is 15.5. The summed E-state index contributed by atoms with van der Waals surface area (Å²) in [4.78, 5) is 27.2. The molecule has 1 atom stereocenters. The molecule has 3 rings (SSSR count). The van der Waals surface area contributed by atoms with E-state index in [-0.39, 0.29) is 36.4 Å². The van der Waals surface area contributed by atoms with Crippen LogP contribution < -0.4 is 5.32 Å². The number of carbonyl (C=O) groups is 1. The number of nitro benzene ring substituents is 1. The van der Waals surface area contributed by atoms with Crippen molar-refractivity contribution < 1.29 is 28.1 Å². The molecule has 0 spiro atoms. The van der Waals surface area contributed by atoms with Gasteiger partial charge in [-0.1, -0.05) is 70.2 Å². The van der Waals surface area contributed by atoms with Crippen molar-refractivity contribution >= 4 is 19.3 Å². The SMILES string of the molecule is CC1=C(C(=O)OCCN(C)Cc2ccccc2)C(c2cccc([N+](=O)[O-])c2)C(P(=O)(OCCC(C)C)OCCC(C)C)=C(C)N1. The first-order chi connectivity index (χ1) is 21.3. The molecule has 0 aliphatic carbocycles. The molecule has 0 radical (unpaired) electrons. The van der Waals surface area contributed by atoms with E-state index in [4.69, 9.17) is 13.8 Å². The van der Waals surface area contributed by atoms with Crippen LogP contribution in [0.1, 0.15) is 71.4 Å². The van der Waals surface area contributed by atoms with Crippen LogP contribution in [0, 0.1) is 22.0 Å². The monoisotopic (exact) mass is 641 g/mol. The quantitative estimate of drug-likeness (QED) is 0.0799. The Morgan fingerprint density at radius 2 is 1.58 bits per heavy atom. The summed E-state index contributed by atoms with van der Waals surface area (Å²) in [5.41, 5.74) is 2.65. The first-order valence-corrected chi connectivity index (χ1v) is 17.1. The highest BCUT2D eigenvalue weighted by Gasteiger charge is 2.45. The fraction of sp³-hybridized carbons (Fsp3) is 0.500. The molecule has 0 aromatic heterocycles. The Labute approximate surface area is 267 Å². The third-order valence-corrected chi connectivity index (χ3v) is 9.80. The topological polar surface area (TPSA) is 120 Å². The lowest BCUT2D eigenvalue weighted by Crippen LogP contribution is -2.31. The Hall–Kier alpha value is -3.30. The molecule has 246 valence electrons. The van der Waals surface area contributed by atoms with Crippen LogP contribution in [-0.2, 0) is 29.7 Å². The number of hydrogen-bond donors (Lipinski definition) is 1. The maximum Gasteiger partial charge on any atom is 0.360 e. The van der Waals surface area contributed by atoms with E-state index in [1.165, 1.54) is 12.1 Å². The third kappa shape index (κ3) is 10.4. The van der Waals surface area contributed by atoms with E-state index >= 15 is 0 Å². The predicted molar refractivity (Wildman–Crippen MR) is 177 cm³/mol. The van der Waals surface area contributed by atoms with Crippen LogP contribution in [0.25, 0.3) is 0 Å². The molecule has 1 unspecified atom stereocenters. The molecule has 0 amide bonds. The number of likely N-dealkylation sites (N-methyl/N-ethyl adjacent to an activating group) is 1. The number of hydrogen-bond acceptors (Lipinski definition) is 9. The molecule has 1 heterocycles. The molecular weight excluding hydrogens is 593 g/mol. The van der Waals surface area contributed by atoms with Gasteiger partial charge in [0.15, 0.2) is 0 Å². The van der Waals surface area contributed by atoms with Crippen molar-refractivity contribution in [2.24, 2.45) is 11.8 Å². The van der Waals surface area contributed by atoms with Crippen molar-refractivity contribution in [1.29, 1.82) is 0 Å². The zero-order valence-corrected chi connectivity index (χ0v) is 28.5. The second-order valence-corrected chi connectivity index (χ2v) is 14.3. The average molecular weight is 642 g/mol. The lowest BCUT2D eigenvalue weighted by Gasteiger charge is -2.35. The number of esters is 1. The van der Waals surface area contributed by atoms with Crippen molar-refractivity contribution in [1.82, 2.24) is 10.2 Å². The molecule has 0 fully saturated rings. The minimum Gasteiger partial charge on any atom is -0.461 e. The summed E-state index contributed by atoms with van der Waals surface area (Å²) in [6.07, 6.45) is 1.30. The van der Waals surface area contributed by atoms with Crippen molar-refractivity contribution in [3.05, 3.63) is 98.1 Å². The van der Waals surface area contributed by atoms with Gasteiger partial charge in [-0.3, -0.25) is 19.6 Å². The number of nitro groups is 1. The van der Waals surface area contributed by atoms with Gasteiger partial charge in [0, 0.05) is 36.6 Å². The molecule has 1 aliphatic heterocycles. The van der Waals surface area contributed by atoms with E-state index in [1.54, 1.807) is 26.0 Å². The Bertz CT molecular complexity index is 1400. The molecule has 1 N–H and O–H groups in total. The highest BCUT2D eigenvalue weighted by atomic mass is 31.2. The van der Waals surface area contributed by atoms with Crippen LogP contribution >= 0.6 is 7.60 Å². The Kier molecular flexibility index (Phi) is 13.5. The minimum absolute atomic E-state index is 0.117. The van der Waals surface area contributed by atoms with E-state index in [2.05, 4.69) is 10.2 Å². The van der Waals surface area contributed by atoms with Gasteiger partial charge in [0.1, 0.15) is 6.61 Å². The summed E-state index contributed by atoms with van der Waals surface area (Å²) < 4.78 is 32.9. The van der Waals surface area contributed by atoms with Gasteiger partial charge in [-0.25, -0.2) is 4.79 Å². The van der Waals surface area contributed by atoms with Crippen LogP contribution in [-0.4, -0.2) is 49.2 Å². The largest absolute Gasteiger partial charge is 0.461 e. The number of ether oxygens (including phenoxy) is 1. The predicted octanol–water partition coefficient (Wildman–Crippen LogP) is 7.78. The van der Waals surface area contributed by atoms with Crippen LogP contribution in [0.4, 0.5) is 5.69 Å². The second kappa shape index (κ2) is 16.9. The summed E-state index contributed by atoms with van der Waals surface area (Å²) in [7, 11) is -2.06. The number of nitrogens with zero attached hydrogens (tertiary/aromatic N) is 2. The van der Waals surface area contributed by atoms with Gasteiger partial charge in [0.2, 0.25) is 0 Å². The number of carbonyl (C=O) groups excluding carboxylic acids is 1. The summed E-state index contributed by atoms with van der Waals surface area (Å²) in [6, 6.07) is 16.0. The number of benzene rings is 2. The smallest absolute Gasteiger partial charge is 0.360 e. The highest BCUT2D eigenvalue weighted by Crippen LogP contribution is 2.64. The standard InChI is InChI=1S/C34H48N3O7P/c1-24(2)16-19-43-45(41,44-20-17-25(3)4)33-27(6)35-26(5)31(32(33)29-14-11-15-30(22-29)37(39)40)34(38)42-21-18-36(7)23-28-12-9-8-10-13-28/h8-15,22,24-25,32,35H,16-21,23H2,1-7H3. The Morgan fingerprint density at radius 3 is 2.16 bits per heavy atom. The Morgan fingerprint density at radius 1 is 0.956 bits per heavy atom. The van der Waals surface area contributed by atoms with Crippen LogP contribution in [0.15, 0.2) is 76.9 Å². The van der Waals surface area contributed by atoms with Crippen molar-refractivity contribution in [2.75, 3.05) is 33.4 Å². The fourth-order valence-corrected chi connectivity index (χ4v) is 7.20. The van der Waals surface area contributed by atoms with Gasteiger partial charge in [-0.15, -0.1) is 0 Å². The van der Waals surface area contributed by atoms with Gasteiger partial charge in [-0.2, -0.15) is 0 Å². The van der Waals surface area contributed by atoms with E-state index in [1.807, 2.05) is 65.1 Å². The molecule has 2 aromatic rings. The van der Waals surface area contributed by atoms with Crippen LogP contribution in [0.2, 0.25) is 0 Å². The molecular formula is C34H48N3O7P. The van der Waals surface area contributed by atoms with Crippen molar-refractivity contribution in [2.45, 2.75) is 66.8 Å². The van der Waals surface area contributed by atoms with Gasteiger partial charge in [-0.05, 0) is 56.7 Å². The van der Waals surface area contributed by atoms with E-state index in [0.29, 0.717) is 54.7 Å². The molecule has 2 aromatic carbocycles. The molecule has 10 nitrogen and oxygen atoms in total. The van der Waals surface area contributed by atoms with Gasteiger partial charge in [0.05, 0.1) is 34.9 Å².